The number of hydrogen-bond donors (Lipinski definition) is 0. The zero-order valence-corrected chi connectivity index (χ0v) is 19.6. The van der Waals surface area contributed by atoms with Crippen molar-refractivity contribution in [1.29, 1.82) is 0 Å². The van der Waals surface area contributed by atoms with Crippen LogP contribution >= 0.6 is 0 Å². The summed E-state index contributed by atoms with van der Waals surface area (Å²) >= 11 is 0. The van der Waals surface area contributed by atoms with E-state index >= 15 is 0 Å². The molecule has 0 spiro atoms. The van der Waals surface area contributed by atoms with E-state index in [1.54, 1.807) is 7.11 Å². The van der Waals surface area contributed by atoms with Crippen LogP contribution in [-0.4, -0.2) is 48.3 Å². The number of anilines is 1. The smallest absolute Gasteiger partial charge is 0.119 e. The van der Waals surface area contributed by atoms with E-state index < -0.39 is 0 Å². The van der Waals surface area contributed by atoms with Crippen molar-refractivity contribution in [1.82, 2.24) is 14.9 Å². The number of nitrogens with zero attached hydrogens (tertiary/aromatic N) is 4. The van der Waals surface area contributed by atoms with Gasteiger partial charge in [0.25, 0.3) is 0 Å². The van der Waals surface area contributed by atoms with Gasteiger partial charge in [-0.05, 0) is 47.5 Å². The Labute approximate surface area is 200 Å². The molecule has 0 aliphatic carbocycles. The Morgan fingerprint density at radius 1 is 0.882 bits per heavy atom. The summed E-state index contributed by atoms with van der Waals surface area (Å²) in [5.41, 5.74) is 5.67. The largest absolute Gasteiger partial charge is 0.497 e. The summed E-state index contributed by atoms with van der Waals surface area (Å²) < 4.78 is 11.0. The average Bonchev–Trinajstić information content (AvgIpc) is 2.89. The standard InChI is InChI=1S/C28H30N4O2/c1-33-27-6-2-4-22(16-27)19-32(20-23-7-8-24-5-3-10-30-28(24)17-23)26-9-11-29-25(18-26)21-31-12-14-34-15-13-31/h2-11,16-18H,12-15,19-21H2,1H3. The van der Waals surface area contributed by atoms with Crippen LogP contribution in [0.3, 0.4) is 0 Å². The predicted molar refractivity (Wildman–Crippen MR) is 135 cm³/mol. The van der Waals surface area contributed by atoms with Gasteiger partial charge in [-0.3, -0.25) is 14.9 Å². The van der Waals surface area contributed by atoms with E-state index in [9.17, 15) is 0 Å². The van der Waals surface area contributed by atoms with Gasteiger partial charge in [0.2, 0.25) is 0 Å². The lowest BCUT2D eigenvalue weighted by Crippen LogP contribution is -2.35. The molecule has 0 N–H and O–H groups in total. The quantitative estimate of drug-likeness (QED) is 0.385. The number of aromatic nitrogens is 2. The fraction of sp³-hybridized carbons (Fsp3) is 0.286. The normalized spacial score (nSPS) is 14.3. The molecule has 174 valence electrons. The second-order valence-corrected chi connectivity index (χ2v) is 8.63. The average molecular weight is 455 g/mol. The summed E-state index contributed by atoms with van der Waals surface area (Å²) in [6.45, 7) is 5.84. The van der Waals surface area contributed by atoms with Gasteiger partial charge in [0.1, 0.15) is 5.75 Å². The van der Waals surface area contributed by atoms with Crippen molar-refractivity contribution in [2.75, 3.05) is 38.3 Å². The van der Waals surface area contributed by atoms with Crippen molar-refractivity contribution in [2.45, 2.75) is 19.6 Å². The lowest BCUT2D eigenvalue weighted by molar-refractivity contribution is 0.0336. The molecule has 0 amide bonds. The zero-order chi connectivity index (χ0) is 23.2. The molecule has 1 aliphatic rings. The highest BCUT2D eigenvalue weighted by Crippen LogP contribution is 2.24. The summed E-state index contributed by atoms with van der Waals surface area (Å²) in [6, 6.07) is 23.2. The molecule has 1 saturated heterocycles. The molecular formula is C28H30N4O2. The molecule has 2 aromatic heterocycles. The Kier molecular flexibility index (Phi) is 6.98. The number of fused-ring (bicyclic) bond motifs is 1. The highest BCUT2D eigenvalue weighted by molar-refractivity contribution is 5.79. The summed E-state index contributed by atoms with van der Waals surface area (Å²) in [6.07, 6.45) is 3.77. The van der Waals surface area contributed by atoms with Crippen molar-refractivity contribution in [3.8, 4) is 5.75 Å². The highest BCUT2D eigenvalue weighted by atomic mass is 16.5. The number of morpholine rings is 1. The van der Waals surface area contributed by atoms with Crippen LogP contribution in [0.4, 0.5) is 5.69 Å². The van der Waals surface area contributed by atoms with Crippen molar-refractivity contribution < 1.29 is 9.47 Å². The number of hydrogen-bond acceptors (Lipinski definition) is 6. The van der Waals surface area contributed by atoms with Crippen LogP contribution in [-0.2, 0) is 24.4 Å². The number of rotatable bonds is 8. The molecular weight excluding hydrogens is 424 g/mol. The Hall–Kier alpha value is -3.48. The van der Waals surface area contributed by atoms with Crippen molar-refractivity contribution in [3.05, 3.63) is 95.9 Å². The van der Waals surface area contributed by atoms with Crippen LogP contribution in [0.5, 0.6) is 5.75 Å². The van der Waals surface area contributed by atoms with Gasteiger partial charge in [0, 0.05) is 56.2 Å². The lowest BCUT2D eigenvalue weighted by atomic mass is 10.1. The number of benzene rings is 2. The molecule has 0 bridgehead atoms. The minimum Gasteiger partial charge on any atom is -0.497 e. The summed E-state index contributed by atoms with van der Waals surface area (Å²) in [5, 5.41) is 1.15. The van der Waals surface area contributed by atoms with E-state index in [4.69, 9.17) is 9.47 Å². The summed E-state index contributed by atoms with van der Waals surface area (Å²) in [7, 11) is 1.71. The molecule has 1 fully saturated rings. The fourth-order valence-corrected chi connectivity index (χ4v) is 4.40. The molecule has 34 heavy (non-hydrogen) atoms. The topological polar surface area (TPSA) is 50.7 Å². The van der Waals surface area contributed by atoms with E-state index in [1.165, 1.54) is 11.1 Å². The molecule has 6 nitrogen and oxygen atoms in total. The molecule has 2 aromatic carbocycles. The predicted octanol–water partition coefficient (Wildman–Crippen LogP) is 4.68. The van der Waals surface area contributed by atoms with E-state index in [1.807, 2.05) is 30.6 Å². The van der Waals surface area contributed by atoms with E-state index in [0.717, 1.165) is 74.0 Å². The Bertz CT molecular complexity index is 1240. The maximum Gasteiger partial charge on any atom is 0.119 e. The number of methoxy groups -OCH3 is 1. The van der Waals surface area contributed by atoms with Gasteiger partial charge in [-0.1, -0.05) is 30.3 Å². The van der Waals surface area contributed by atoms with Gasteiger partial charge in [0.05, 0.1) is 31.5 Å². The van der Waals surface area contributed by atoms with Crippen molar-refractivity contribution >= 4 is 16.6 Å². The first-order chi connectivity index (χ1) is 16.8. The maximum absolute atomic E-state index is 5.50. The minimum atomic E-state index is 0.762. The zero-order valence-electron chi connectivity index (χ0n) is 19.6. The second-order valence-electron chi connectivity index (χ2n) is 8.63. The molecule has 0 unspecified atom stereocenters. The van der Waals surface area contributed by atoms with Crippen molar-refractivity contribution in [2.24, 2.45) is 0 Å². The van der Waals surface area contributed by atoms with Crippen molar-refractivity contribution in [3.63, 3.8) is 0 Å². The van der Waals surface area contributed by atoms with E-state index in [-0.39, 0.29) is 0 Å². The first-order valence-electron chi connectivity index (χ1n) is 11.7. The Morgan fingerprint density at radius 2 is 1.74 bits per heavy atom. The molecule has 6 heteroatoms. The summed E-state index contributed by atoms with van der Waals surface area (Å²) in [4.78, 5) is 14.0. The summed E-state index contributed by atoms with van der Waals surface area (Å²) in [5.74, 6) is 0.870. The van der Waals surface area contributed by atoms with Gasteiger partial charge < -0.3 is 14.4 Å². The van der Waals surface area contributed by atoms with Crippen LogP contribution in [0.25, 0.3) is 10.9 Å². The van der Waals surface area contributed by atoms with Crippen LogP contribution in [0.2, 0.25) is 0 Å². The molecule has 0 radical (unpaired) electrons. The van der Waals surface area contributed by atoms with Crippen LogP contribution in [0.15, 0.2) is 79.1 Å². The molecule has 1 aliphatic heterocycles. The maximum atomic E-state index is 5.50. The van der Waals surface area contributed by atoms with Gasteiger partial charge in [-0.15, -0.1) is 0 Å². The Balaban J connectivity index is 1.43. The molecule has 4 aromatic rings. The van der Waals surface area contributed by atoms with Gasteiger partial charge in [-0.25, -0.2) is 0 Å². The fourth-order valence-electron chi connectivity index (χ4n) is 4.40. The third kappa shape index (κ3) is 5.53. The van der Waals surface area contributed by atoms with Gasteiger partial charge in [-0.2, -0.15) is 0 Å². The van der Waals surface area contributed by atoms with E-state index in [2.05, 4.69) is 68.3 Å². The third-order valence-electron chi connectivity index (χ3n) is 6.21. The van der Waals surface area contributed by atoms with Crippen LogP contribution < -0.4 is 9.64 Å². The molecule has 5 rings (SSSR count). The van der Waals surface area contributed by atoms with E-state index in [0.29, 0.717) is 0 Å². The SMILES string of the molecule is COc1cccc(CN(Cc2ccc3cccnc3c2)c2ccnc(CN3CCOCC3)c2)c1. The molecule has 0 saturated carbocycles. The lowest BCUT2D eigenvalue weighted by Gasteiger charge is -2.28. The highest BCUT2D eigenvalue weighted by Gasteiger charge is 2.14. The Morgan fingerprint density at radius 3 is 2.59 bits per heavy atom. The van der Waals surface area contributed by atoms with Gasteiger partial charge >= 0.3 is 0 Å². The van der Waals surface area contributed by atoms with Crippen LogP contribution in [0, 0.1) is 0 Å². The monoisotopic (exact) mass is 454 g/mol. The molecule has 0 atom stereocenters. The molecule has 3 heterocycles. The minimum absolute atomic E-state index is 0.762. The number of ether oxygens (including phenoxy) is 2. The van der Waals surface area contributed by atoms with Gasteiger partial charge in [0.15, 0.2) is 0 Å². The number of pyridine rings is 2. The third-order valence-corrected chi connectivity index (χ3v) is 6.21. The first-order valence-corrected chi connectivity index (χ1v) is 11.7. The van der Waals surface area contributed by atoms with Crippen LogP contribution in [0.1, 0.15) is 16.8 Å². The second kappa shape index (κ2) is 10.6. The first kappa shape index (κ1) is 22.3.